The van der Waals surface area contributed by atoms with E-state index >= 15 is 0 Å². The standard InChI is InChI=1S/C11H16ClNO/c1-13(2)8-11(14-3)9-4-6-10(12)7-5-9/h4-7,11H,8H2,1-3H3. The molecule has 0 radical (unpaired) electrons. The van der Waals surface area contributed by atoms with Crippen LogP contribution < -0.4 is 0 Å². The normalized spacial score (nSPS) is 13.2. The van der Waals surface area contributed by atoms with Gasteiger partial charge < -0.3 is 9.64 Å². The fourth-order valence-corrected chi connectivity index (χ4v) is 1.45. The van der Waals surface area contributed by atoms with Gasteiger partial charge >= 0.3 is 0 Å². The topological polar surface area (TPSA) is 12.5 Å². The average molecular weight is 214 g/mol. The molecule has 0 bridgehead atoms. The van der Waals surface area contributed by atoms with E-state index in [0.29, 0.717) is 0 Å². The molecule has 3 heteroatoms. The van der Waals surface area contributed by atoms with E-state index in [1.165, 1.54) is 0 Å². The van der Waals surface area contributed by atoms with E-state index in [0.717, 1.165) is 17.1 Å². The number of methoxy groups -OCH3 is 1. The molecule has 1 unspecified atom stereocenters. The Kier molecular flexibility index (Phi) is 4.39. The van der Waals surface area contributed by atoms with Gasteiger partial charge in [0.15, 0.2) is 0 Å². The van der Waals surface area contributed by atoms with Gasteiger partial charge in [0, 0.05) is 18.7 Å². The van der Waals surface area contributed by atoms with Crippen LogP contribution in [-0.2, 0) is 4.74 Å². The molecule has 0 heterocycles. The highest BCUT2D eigenvalue weighted by Gasteiger charge is 2.10. The minimum atomic E-state index is 0.113. The number of likely N-dealkylation sites (N-methyl/N-ethyl adjacent to an activating group) is 1. The molecule has 0 saturated carbocycles. The quantitative estimate of drug-likeness (QED) is 0.763. The summed E-state index contributed by atoms with van der Waals surface area (Å²) >= 11 is 5.81. The lowest BCUT2D eigenvalue weighted by atomic mass is 10.1. The van der Waals surface area contributed by atoms with E-state index < -0.39 is 0 Å². The molecule has 0 fully saturated rings. The van der Waals surface area contributed by atoms with Crippen LogP contribution in [0.3, 0.4) is 0 Å². The second-order valence-electron chi connectivity index (χ2n) is 3.54. The fourth-order valence-electron chi connectivity index (χ4n) is 1.33. The lowest BCUT2D eigenvalue weighted by Crippen LogP contribution is -2.21. The molecule has 0 saturated heterocycles. The first-order valence-electron chi connectivity index (χ1n) is 4.56. The first-order chi connectivity index (χ1) is 6.63. The van der Waals surface area contributed by atoms with Gasteiger partial charge in [-0.25, -0.2) is 0 Å². The van der Waals surface area contributed by atoms with Gasteiger partial charge in [0.1, 0.15) is 0 Å². The zero-order chi connectivity index (χ0) is 10.6. The van der Waals surface area contributed by atoms with Crippen LogP contribution in [0.4, 0.5) is 0 Å². The van der Waals surface area contributed by atoms with E-state index in [2.05, 4.69) is 4.90 Å². The molecule has 2 nitrogen and oxygen atoms in total. The predicted molar refractivity (Wildman–Crippen MR) is 59.8 cm³/mol. The number of halogens is 1. The Bertz CT molecular complexity index is 271. The van der Waals surface area contributed by atoms with Crippen molar-refractivity contribution in [3.05, 3.63) is 34.9 Å². The number of benzene rings is 1. The first kappa shape index (κ1) is 11.5. The van der Waals surface area contributed by atoms with Gasteiger partial charge in [0.2, 0.25) is 0 Å². The first-order valence-corrected chi connectivity index (χ1v) is 4.94. The van der Waals surface area contributed by atoms with Crippen molar-refractivity contribution in [1.82, 2.24) is 4.90 Å². The van der Waals surface area contributed by atoms with Crippen molar-refractivity contribution in [2.75, 3.05) is 27.7 Å². The van der Waals surface area contributed by atoms with Crippen molar-refractivity contribution in [1.29, 1.82) is 0 Å². The molecule has 1 aromatic carbocycles. The van der Waals surface area contributed by atoms with Crippen LogP contribution in [0.15, 0.2) is 24.3 Å². The van der Waals surface area contributed by atoms with Crippen molar-refractivity contribution >= 4 is 11.6 Å². The maximum absolute atomic E-state index is 5.81. The van der Waals surface area contributed by atoms with Crippen LogP contribution in [0, 0.1) is 0 Å². The van der Waals surface area contributed by atoms with Crippen molar-refractivity contribution < 1.29 is 4.74 Å². The summed E-state index contributed by atoms with van der Waals surface area (Å²) in [5.74, 6) is 0. The highest BCUT2D eigenvalue weighted by molar-refractivity contribution is 6.30. The molecule has 0 aromatic heterocycles. The number of hydrogen-bond acceptors (Lipinski definition) is 2. The van der Waals surface area contributed by atoms with Crippen LogP contribution in [-0.4, -0.2) is 32.6 Å². The van der Waals surface area contributed by atoms with Crippen LogP contribution >= 0.6 is 11.6 Å². The van der Waals surface area contributed by atoms with E-state index in [9.17, 15) is 0 Å². The number of rotatable bonds is 4. The summed E-state index contributed by atoms with van der Waals surface area (Å²) in [6.45, 7) is 0.873. The Morgan fingerprint density at radius 1 is 1.29 bits per heavy atom. The highest BCUT2D eigenvalue weighted by Crippen LogP contribution is 2.19. The monoisotopic (exact) mass is 213 g/mol. The van der Waals surface area contributed by atoms with Gasteiger partial charge in [-0.15, -0.1) is 0 Å². The molecule has 0 amide bonds. The lowest BCUT2D eigenvalue weighted by molar-refractivity contribution is 0.0784. The molecule has 14 heavy (non-hydrogen) atoms. The van der Waals surface area contributed by atoms with Crippen LogP contribution in [0.1, 0.15) is 11.7 Å². The molecular weight excluding hydrogens is 198 g/mol. The third-order valence-corrected chi connectivity index (χ3v) is 2.31. The average Bonchev–Trinajstić information content (AvgIpc) is 2.15. The second-order valence-corrected chi connectivity index (χ2v) is 3.97. The summed E-state index contributed by atoms with van der Waals surface area (Å²) in [5.41, 5.74) is 1.16. The number of ether oxygens (including phenoxy) is 1. The summed E-state index contributed by atoms with van der Waals surface area (Å²) in [6, 6.07) is 7.77. The zero-order valence-corrected chi connectivity index (χ0v) is 9.58. The Labute approximate surface area is 90.4 Å². The molecule has 0 N–H and O–H groups in total. The summed E-state index contributed by atoms with van der Waals surface area (Å²) < 4.78 is 5.40. The van der Waals surface area contributed by atoms with Gasteiger partial charge in [-0.3, -0.25) is 0 Å². The van der Waals surface area contributed by atoms with Crippen LogP contribution in [0.2, 0.25) is 5.02 Å². The second kappa shape index (κ2) is 5.35. The third kappa shape index (κ3) is 3.29. The summed E-state index contributed by atoms with van der Waals surface area (Å²) in [5, 5.41) is 0.758. The SMILES string of the molecule is COC(CN(C)C)c1ccc(Cl)cc1. The maximum Gasteiger partial charge on any atom is 0.0947 e. The molecule has 0 aliphatic rings. The molecule has 1 aromatic rings. The molecule has 1 rings (SSSR count). The van der Waals surface area contributed by atoms with E-state index in [1.54, 1.807) is 7.11 Å². The Morgan fingerprint density at radius 3 is 2.29 bits per heavy atom. The van der Waals surface area contributed by atoms with Gasteiger partial charge in [-0.2, -0.15) is 0 Å². The molecule has 0 spiro atoms. The minimum absolute atomic E-state index is 0.113. The molecule has 0 aliphatic carbocycles. The van der Waals surface area contributed by atoms with Crippen molar-refractivity contribution in [2.24, 2.45) is 0 Å². The minimum Gasteiger partial charge on any atom is -0.375 e. The van der Waals surface area contributed by atoms with Crippen molar-refractivity contribution in [3.8, 4) is 0 Å². The fraction of sp³-hybridized carbons (Fsp3) is 0.455. The van der Waals surface area contributed by atoms with Crippen LogP contribution in [0.5, 0.6) is 0 Å². The largest absolute Gasteiger partial charge is 0.375 e. The van der Waals surface area contributed by atoms with Gasteiger partial charge in [-0.1, -0.05) is 23.7 Å². The maximum atomic E-state index is 5.81. The summed E-state index contributed by atoms with van der Waals surface area (Å²) in [7, 11) is 5.78. The van der Waals surface area contributed by atoms with Crippen LogP contribution in [0.25, 0.3) is 0 Å². The molecule has 78 valence electrons. The van der Waals surface area contributed by atoms with Crippen molar-refractivity contribution in [2.45, 2.75) is 6.10 Å². The van der Waals surface area contributed by atoms with E-state index in [1.807, 2.05) is 38.4 Å². The molecule has 1 atom stereocenters. The van der Waals surface area contributed by atoms with Gasteiger partial charge in [0.05, 0.1) is 6.10 Å². The Morgan fingerprint density at radius 2 is 1.86 bits per heavy atom. The smallest absolute Gasteiger partial charge is 0.0947 e. The third-order valence-electron chi connectivity index (χ3n) is 2.06. The Hall–Kier alpha value is -0.570. The van der Waals surface area contributed by atoms with E-state index in [4.69, 9.17) is 16.3 Å². The van der Waals surface area contributed by atoms with Crippen molar-refractivity contribution in [3.63, 3.8) is 0 Å². The molecular formula is C11H16ClNO. The predicted octanol–water partition coefficient (Wildman–Crippen LogP) is 2.59. The van der Waals surface area contributed by atoms with E-state index in [-0.39, 0.29) is 6.10 Å². The van der Waals surface area contributed by atoms with Gasteiger partial charge in [-0.05, 0) is 31.8 Å². The highest BCUT2D eigenvalue weighted by atomic mass is 35.5. The summed E-state index contributed by atoms with van der Waals surface area (Å²) in [6.07, 6.45) is 0.113. The number of hydrogen-bond donors (Lipinski definition) is 0. The molecule has 0 aliphatic heterocycles. The zero-order valence-electron chi connectivity index (χ0n) is 8.83. The Balaban J connectivity index is 2.73. The number of nitrogens with zero attached hydrogens (tertiary/aromatic N) is 1. The van der Waals surface area contributed by atoms with Gasteiger partial charge in [0.25, 0.3) is 0 Å². The lowest BCUT2D eigenvalue weighted by Gasteiger charge is -2.19. The summed E-state index contributed by atoms with van der Waals surface area (Å²) in [4.78, 5) is 2.10.